The highest BCUT2D eigenvalue weighted by atomic mass is 35.5. The zero-order chi connectivity index (χ0) is 19.9. The molecule has 0 aliphatic heterocycles. The van der Waals surface area contributed by atoms with E-state index >= 15 is 0 Å². The lowest BCUT2D eigenvalue weighted by atomic mass is 9.84. The smallest absolute Gasteiger partial charge is 0.258 e. The summed E-state index contributed by atoms with van der Waals surface area (Å²) >= 11 is 12.0. The summed E-state index contributed by atoms with van der Waals surface area (Å²) in [5, 5.41) is 6.30. The van der Waals surface area contributed by atoms with Gasteiger partial charge in [0.15, 0.2) is 6.61 Å². The van der Waals surface area contributed by atoms with E-state index in [1.165, 1.54) is 0 Å². The number of amides is 2. The first-order chi connectivity index (χ1) is 12.8. The first-order valence-electron chi connectivity index (χ1n) is 8.45. The monoisotopic (exact) mass is 408 g/mol. The van der Waals surface area contributed by atoms with Crippen molar-refractivity contribution in [2.24, 2.45) is 0 Å². The van der Waals surface area contributed by atoms with E-state index in [2.05, 4.69) is 10.6 Å². The standard InChI is InChI=1S/C20H22Cl2N2O3/c1-20(2,14-8-9-16(21)17(22)10-14)13-24-18(25)11-23-19(26)12-27-15-6-4-3-5-7-15/h3-10H,11-13H2,1-2H3,(H,23,26)(H,24,25). The molecule has 0 heterocycles. The zero-order valence-corrected chi connectivity index (χ0v) is 16.7. The van der Waals surface area contributed by atoms with E-state index in [0.29, 0.717) is 22.3 Å². The maximum atomic E-state index is 12.0. The van der Waals surface area contributed by atoms with Crippen LogP contribution in [0.15, 0.2) is 48.5 Å². The number of nitrogens with one attached hydrogen (secondary N) is 2. The van der Waals surface area contributed by atoms with Crippen molar-refractivity contribution >= 4 is 35.0 Å². The van der Waals surface area contributed by atoms with E-state index < -0.39 is 0 Å². The molecule has 0 saturated heterocycles. The molecule has 0 saturated carbocycles. The molecule has 2 amide bonds. The molecular weight excluding hydrogens is 387 g/mol. The first-order valence-corrected chi connectivity index (χ1v) is 9.20. The molecule has 7 heteroatoms. The minimum Gasteiger partial charge on any atom is -0.484 e. The molecule has 144 valence electrons. The van der Waals surface area contributed by atoms with Gasteiger partial charge in [-0.1, -0.05) is 61.3 Å². The highest BCUT2D eigenvalue weighted by Crippen LogP contribution is 2.29. The van der Waals surface area contributed by atoms with Crippen molar-refractivity contribution in [2.75, 3.05) is 19.7 Å². The van der Waals surface area contributed by atoms with Gasteiger partial charge in [-0.15, -0.1) is 0 Å². The second-order valence-corrected chi connectivity index (χ2v) is 7.48. The summed E-state index contributed by atoms with van der Waals surface area (Å²) in [6.07, 6.45) is 0. The van der Waals surface area contributed by atoms with Gasteiger partial charge in [0.25, 0.3) is 5.91 Å². The Morgan fingerprint density at radius 3 is 2.33 bits per heavy atom. The molecule has 2 aromatic carbocycles. The fraction of sp³-hybridized carbons (Fsp3) is 0.300. The molecule has 0 spiro atoms. The van der Waals surface area contributed by atoms with E-state index in [4.69, 9.17) is 27.9 Å². The minimum atomic E-state index is -0.363. The Bertz CT molecular complexity index is 795. The molecule has 0 radical (unpaired) electrons. The number of para-hydroxylation sites is 1. The molecule has 0 bridgehead atoms. The Kier molecular flexibility index (Phi) is 7.51. The Hall–Kier alpha value is -2.24. The highest BCUT2D eigenvalue weighted by Gasteiger charge is 2.22. The van der Waals surface area contributed by atoms with E-state index in [-0.39, 0.29) is 30.4 Å². The topological polar surface area (TPSA) is 67.4 Å². The van der Waals surface area contributed by atoms with Crippen LogP contribution in [-0.2, 0) is 15.0 Å². The van der Waals surface area contributed by atoms with Crippen LogP contribution in [0.4, 0.5) is 0 Å². The molecule has 0 fully saturated rings. The maximum Gasteiger partial charge on any atom is 0.258 e. The molecule has 0 aromatic heterocycles. The van der Waals surface area contributed by atoms with Gasteiger partial charge >= 0.3 is 0 Å². The fourth-order valence-corrected chi connectivity index (χ4v) is 2.59. The molecule has 2 rings (SSSR count). The van der Waals surface area contributed by atoms with Gasteiger partial charge in [0.1, 0.15) is 5.75 Å². The third-order valence-electron chi connectivity index (χ3n) is 3.99. The second kappa shape index (κ2) is 9.62. The van der Waals surface area contributed by atoms with E-state index in [0.717, 1.165) is 5.56 Å². The average Bonchev–Trinajstić information content (AvgIpc) is 2.66. The lowest BCUT2D eigenvalue weighted by molar-refractivity contribution is -0.127. The van der Waals surface area contributed by atoms with Crippen molar-refractivity contribution in [3.8, 4) is 5.75 Å². The second-order valence-electron chi connectivity index (χ2n) is 6.67. The van der Waals surface area contributed by atoms with Gasteiger partial charge < -0.3 is 15.4 Å². The SMILES string of the molecule is CC(C)(CNC(=O)CNC(=O)COc1ccccc1)c1ccc(Cl)c(Cl)c1. The largest absolute Gasteiger partial charge is 0.484 e. The summed E-state index contributed by atoms with van der Waals surface area (Å²) in [4.78, 5) is 23.8. The Labute approximate surface area is 169 Å². The molecule has 2 aromatic rings. The van der Waals surface area contributed by atoms with E-state index in [1.807, 2.05) is 38.1 Å². The predicted octanol–water partition coefficient (Wildman–Crippen LogP) is 3.58. The number of halogens is 2. The van der Waals surface area contributed by atoms with Gasteiger partial charge in [0.2, 0.25) is 5.91 Å². The summed E-state index contributed by atoms with van der Waals surface area (Å²) in [5.74, 6) is -0.0468. The van der Waals surface area contributed by atoms with Crippen LogP contribution in [0.3, 0.4) is 0 Å². The van der Waals surface area contributed by atoms with Crippen LogP contribution >= 0.6 is 23.2 Å². The summed E-state index contributed by atoms with van der Waals surface area (Å²) in [6.45, 7) is 4.10. The molecule has 0 aliphatic carbocycles. The van der Waals surface area contributed by atoms with Crippen LogP contribution in [0.25, 0.3) is 0 Å². The lowest BCUT2D eigenvalue weighted by Gasteiger charge is -2.26. The predicted molar refractivity (Wildman–Crippen MR) is 107 cm³/mol. The Balaban J connectivity index is 1.74. The molecular formula is C20H22Cl2N2O3. The molecule has 2 N–H and O–H groups in total. The van der Waals surface area contributed by atoms with Crippen LogP contribution in [0, 0.1) is 0 Å². The number of carbonyl (C=O) groups is 2. The normalized spacial score (nSPS) is 11.0. The van der Waals surface area contributed by atoms with E-state index in [1.54, 1.807) is 24.3 Å². The third-order valence-corrected chi connectivity index (χ3v) is 4.73. The van der Waals surface area contributed by atoms with Crippen LogP contribution in [0.5, 0.6) is 5.75 Å². The van der Waals surface area contributed by atoms with Gasteiger partial charge in [0, 0.05) is 12.0 Å². The van der Waals surface area contributed by atoms with Crippen LogP contribution in [-0.4, -0.2) is 31.5 Å². The molecule has 0 atom stereocenters. The fourth-order valence-electron chi connectivity index (χ4n) is 2.30. The quantitative estimate of drug-likeness (QED) is 0.701. The van der Waals surface area contributed by atoms with Crippen LogP contribution in [0.2, 0.25) is 10.0 Å². The van der Waals surface area contributed by atoms with Gasteiger partial charge in [-0.25, -0.2) is 0 Å². The van der Waals surface area contributed by atoms with Gasteiger partial charge in [-0.3, -0.25) is 9.59 Å². The van der Waals surface area contributed by atoms with Crippen molar-refractivity contribution in [1.29, 1.82) is 0 Å². The van der Waals surface area contributed by atoms with Crippen molar-refractivity contribution in [2.45, 2.75) is 19.3 Å². The van der Waals surface area contributed by atoms with Crippen molar-refractivity contribution < 1.29 is 14.3 Å². The third kappa shape index (κ3) is 6.77. The van der Waals surface area contributed by atoms with Crippen LogP contribution < -0.4 is 15.4 Å². The zero-order valence-electron chi connectivity index (χ0n) is 15.2. The van der Waals surface area contributed by atoms with Crippen molar-refractivity contribution in [3.63, 3.8) is 0 Å². The molecule has 0 unspecified atom stereocenters. The highest BCUT2D eigenvalue weighted by molar-refractivity contribution is 6.42. The number of ether oxygens (including phenoxy) is 1. The summed E-state index contributed by atoms with van der Waals surface area (Å²) in [5.41, 5.74) is 0.613. The number of hydrogen-bond donors (Lipinski definition) is 2. The Morgan fingerprint density at radius 1 is 0.963 bits per heavy atom. The average molecular weight is 409 g/mol. The number of rotatable bonds is 8. The van der Waals surface area contributed by atoms with Crippen LogP contribution in [0.1, 0.15) is 19.4 Å². The minimum absolute atomic E-state index is 0.117. The molecule has 0 aliphatic rings. The van der Waals surface area contributed by atoms with Gasteiger partial charge in [0.05, 0.1) is 16.6 Å². The molecule has 27 heavy (non-hydrogen) atoms. The maximum absolute atomic E-state index is 12.0. The van der Waals surface area contributed by atoms with Crippen molar-refractivity contribution in [1.82, 2.24) is 10.6 Å². The van der Waals surface area contributed by atoms with Crippen molar-refractivity contribution in [3.05, 3.63) is 64.1 Å². The summed E-state index contributed by atoms with van der Waals surface area (Å²) in [6, 6.07) is 14.4. The van der Waals surface area contributed by atoms with Gasteiger partial charge in [-0.2, -0.15) is 0 Å². The first kappa shape index (κ1) is 21.1. The molecule has 5 nitrogen and oxygen atoms in total. The van der Waals surface area contributed by atoms with E-state index in [9.17, 15) is 9.59 Å². The summed E-state index contributed by atoms with van der Waals surface area (Å²) in [7, 11) is 0. The lowest BCUT2D eigenvalue weighted by Crippen LogP contribution is -2.43. The number of carbonyl (C=O) groups excluding carboxylic acids is 2. The van der Waals surface area contributed by atoms with Gasteiger partial charge in [-0.05, 0) is 29.8 Å². The Morgan fingerprint density at radius 2 is 1.67 bits per heavy atom. The summed E-state index contributed by atoms with van der Waals surface area (Å²) < 4.78 is 5.33. The number of benzene rings is 2. The number of hydrogen-bond acceptors (Lipinski definition) is 3.